The SMILES string of the molecule is C=CCc1cc(C(C)(C)c2ccc(O)c(CC=C)c2)ccc1O.CCCCc1cc(C(C)(C)c2ccc(O)c(CCC[Si](OCC)(OCC)OCC)c2)ccc1O.[O]=[Pt]=[O]. The van der Waals surface area contributed by atoms with Crippen LogP contribution in [0.4, 0.5) is 0 Å². The van der Waals surface area contributed by atoms with Gasteiger partial charge < -0.3 is 33.7 Å². The molecular weight excluding hydrogens is 956 g/mol. The number of unbranched alkanes of at least 4 members (excludes halogenated alkanes) is 1. The molecule has 0 unspecified atom stereocenters. The first-order valence-electron chi connectivity index (χ1n) is 20.8. The topological polar surface area (TPSA) is 143 Å². The van der Waals surface area contributed by atoms with Crippen molar-refractivity contribution < 1.29 is 59.0 Å². The molecule has 0 aliphatic carbocycles. The second-order valence-electron chi connectivity index (χ2n) is 15.6. The number of benzene rings is 4. The first kappa shape index (κ1) is 52.1. The summed E-state index contributed by atoms with van der Waals surface area (Å²) in [5.74, 6) is 1.26. The molecule has 0 spiro atoms. The van der Waals surface area contributed by atoms with Crippen molar-refractivity contribution in [3.05, 3.63) is 143 Å². The molecule has 0 heterocycles. The van der Waals surface area contributed by atoms with Gasteiger partial charge in [0.05, 0.1) is 0 Å². The summed E-state index contributed by atoms with van der Waals surface area (Å²) >= 11 is -1.92. The van der Waals surface area contributed by atoms with Crippen LogP contribution in [-0.2, 0) is 75.1 Å². The summed E-state index contributed by atoms with van der Waals surface area (Å²) in [5, 5.41) is 40.8. The molecule has 0 aliphatic heterocycles. The van der Waals surface area contributed by atoms with Gasteiger partial charge in [-0.2, -0.15) is 0 Å². The summed E-state index contributed by atoms with van der Waals surface area (Å²) in [5.41, 5.74) is 7.67. The van der Waals surface area contributed by atoms with Gasteiger partial charge in [0, 0.05) is 36.7 Å². The zero-order chi connectivity index (χ0) is 44.9. The van der Waals surface area contributed by atoms with Crippen molar-refractivity contribution in [2.75, 3.05) is 19.8 Å². The van der Waals surface area contributed by atoms with E-state index in [-0.39, 0.29) is 10.8 Å². The minimum absolute atomic E-state index is 0.243. The van der Waals surface area contributed by atoms with E-state index < -0.39 is 27.3 Å². The summed E-state index contributed by atoms with van der Waals surface area (Å²) in [6.07, 6.45) is 9.38. The molecule has 0 amide bonds. The Morgan fingerprint density at radius 3 is 1.15 bits per heavy atom. The van der Waals surface area contributed by atoms with Crippen molar-refractivity contribution in [3.63, 3.8) is 0 Å². The van der Waals surface area contributed by atoms with Crippen LogP contribution in [0, 0.1) is 0 Å². The van der Waals surface area contributed by atoms with Gasteiger partial charge in [-0.05, 0) is 128 Å². The number of aryl methyl sites for hydroxylation is 2. The van der Waals surface area contributed by atoms with E-state index in [9.17, 15) is 20.4 Å². The van der Waals surface area contributed by atoms with Crippen LogP contribution < -0.4 is 0 Å². The number of phenols is 4. The Hall–Kier alpha value is -4.05. The van der Waals surface area contributed by atoms with Gasteiger partial charge in [0.25, 0.3) is 0 Å². The van der Waals surface area contributed by atoms with E-state index >= 15 is 0 Å². The maximum atomic E-state index is 10.6. The van der Waals surface area contributed by atoms with E-state index in [4.69, 9.17) is 20.1 Å². The number of phenolic OH excluding ortho intramolecular Hbond substituents is 4. The fourth-order valence-electron chi connectivity index (χ4n) is 7.13. The fraction of sp³-hybridized carbons (Fsp3) is 0.429. The van der Waals surface area contributed by atoms with Gasteiger partial charge in [-0.15, -0.1) is 13.2 Å². The Kier molecular flexibility index (Phi) is 22.3. The third kappa shape index (κ3) is 14.8. The maximum absolute atomic E-state index is 10.6. The molecule has 0 saturated carbocycles. The molecule has 0 bridgehead atoms. The Bertz CT molecular complexity index is 1920. The Labute approximate surface area is 368 Å². The van der Waals surface area contributed by atoms with Gasteiger partial charge in [0.2, 0.25) is 0 Å². The average molecular weight is 1020 g/mol. The standard InChI is InChI=1S/C28H44O5Si.C21H24O2.2O.Pt/c1-7-11-13-22-20-24(15-17-26(22)29)28(5,6)25-16-18-27(30)23(21-25)14-12-19-34(31-8-2,32-9-3)33-10-4;1-5-7-15-13-17(9-11-19(15)22)21(3,4)18-10-12-20(23)16(14-18)8-6-2;;;/h15-18,20-21,29-30H,7-14,19H2,1-6H3;5-6,9-14,22-23H,1-2,7-8H2,3-4H3;;;. The van der Waals surface area contributed by atoms with Crippen molar-refractivity contribution in [2.45, 2.75) is 117 Å². The molecule has 4 N–H and O–H groups in total. The van der Waals surface area contributed by atoms with Gasteiger partial charge in [0.15, 0.2) is 0 Å². The van der Waals surface area contributed by atoms with Crippen LogP contribution in [0.3, 0.4) is 0 Å². The quantitative estimate of drug-likeness (QED) is 0.0474. The third-order valence-corrected chi connectivity index (χ3v) is 13.9. The van der Waals surface area contributed by atoms with Crippen LogP contribution in [0.5, 0.6) is 23.0 Å². The van der Waals surface area contributed by atoms with Crippen molar-refractivity contribution >= 4 is 8.80 Å². The van der Waals surface area contributed by atoms with E-state index in [1.165, 1.54) is 0 Å². The molecule has 11 heteroatoms. The summed E-state index contributed by atoms with van der Waals surface area (Å²) in [6.45, 7) is 25.9. The second kappa shape index (κ2) is 25.7. The van der Waals surface area contributed by atoms with Crippen LogP contribution in [0.2, 0.25) is 6.04 Å². The first-order valence-corrected chi connectivity index (χ1v) is 24.6. The minimum atomic E-state index is -2.70. The van der Waals surface area contributed by atoms with Gasteiger partial charge in [-0.25, -0.2) is 0 Å². The van der Waals surface area contributed by atoms with E-state index in [0.29, 0.717) is 61.7 Å². The average Bonchev–Trinajstić information content (AvgIpc) is 3.20. The Balaban J connectivity index is 0.000000413. The van der Waals surface area contributed by atoms with E-state index in [1.807, 2.05) is 63.2 Å². The van der Waals surface area contributed by atoms with Gasteiger partial charge in [-0.3, -0.25) is 0 Å². The van der Waals surface area contributed by atoms with E-state index in [2.05, 4.69) is 59.9 Å². The molecule has 332 valence electrons. The molecule has 0 atom stereocenters. The number of allylic oxidation sites excluding steroid dienone is 2. The predicted octanol–water partition coefficient (Wildman–Crippen LogP) is 11.4. The molecule has 0 aromatic heterocycles. The Morgan fingerprint density at radius 2 is 0.850 bits per heavy atom. The number of hydrogen-bond donors (Lipinski definition) is 4. The molecule has 0 radical (unpaired) electrons. The zero-order valence-corrected chi connectivity index (χ0v) is 40.2. The molecular formula is C49H68O9PtSi. The molecule has 60 heavy (non-hydrogen) atoms. The summed E-state index contributed by atoms with van der Waals surface area (Å²) in [4.78, 5) is 0. The third-order valence-electron chi connectivity index (χ3n) is 10.8. The van der Waals surface area contributed by atoms with Gasteiger partial charge in [-0.1, -0.05) is 102 Å². The zero-order valence-electron chi connectivity index (χ0n) is 36.9. The second-order valence-corrected chi connectivity index (χ2v) is 18.7. The first-order chi connectivity index (χ1) is 28.5. The molecule has 0 fully saturated rings. The fourth-order valence-corrected chi connectivity index (χ4v) is 9.74. The van der Waals surface area contributed by atoms with Crippen LogP contribution in [0.25, 0.3) is 0 Å². The van der Waals surface area contributed by atoms with Crippen molar-refractivity contribution in [3.8, 4) is 23.0 Å². The normalized spacial score (nSPS) is 11.6. The van der Waals surface area contributed by atoms with Gasteiger partial charge >= 0.3 is 34.1 Å². The van der Waals surface area contributed by atoms with Crippen LogP contribution in [0.15, 0.2) is 98.1 Å². The summed E-state index contributed by atoms with van der Waals surface area (Å²) < 4.78 is 34.9. The molecule has 0 aliphatic rings. The van der Waals surface area contributed by atoms with Crippen molar-refractivity contribution in [1.82, 2.24) is 0 Å². The Morgan fingerprint density at radius 1 is 0.550 bits per heavy atom. The number of hydrogen-bond acceptors (Lipinski definition) is 9. The van der Waals surface area contributed by atoms with Crippen molar-refractivity contribution in [2.24, 2.45) is 0 Å². The number of aromatic hydroxyl groups is 4. The van der Waals surface area contributed by atoms with Crippen LogP contribution >= 0.6 is 0 Å². The van der Waals surface area contributed by atoms with Crippen LogP contribution in [0.1, 0.15) is 119 Å². The van der Waals surface area contributed by atoms with E-state index in [0.717, 1.165) is 76.6 Å². The molecule has 4 aromatic carbocycles. The number of rotatable bonds is 21. The van der Waals surface area contributed by atoms with Crippen molar-refractivity contribution in [1.29, 1.82) is 0 Å². The molecule has 0 saturated heterocycles. The molecule has 4 rings (SSSR count). The molecule has 4 aromatic rings. The van der Waals surface area contributed by atoms with E-state index in [1.54, 1.807) is 30.4 Å². The predicted molar refractivity (Wildman–Crippen MR) is 238 cm³/mol. The van der Waals surface area contributed by atoms with Gasteiger partial charge in [0.1, 0.15) is 23.0 Å². The molecule has 9 nitrogen and oxygen atoms in total. The summed E-state index contributed by atoms with van der Waals surface area (Å²) in [6, 6.07) is 24.0. The van der Waals surface area contributed by atoms with Crippen LogP contribution in [-0.4, -0.2) is 49.1 Å². The summed E-state index contributed by atoms with van der Waals surface area (Å²) in [7, 11) is -2.70. The monoisotopic (exact) mass is 1020 g/mol.